The van der Waals surface area contributed by atoms with Crippen LogP contribution in [0.25, 0.3) is 0 Å². The number of para-hydroxylation sites is 2. The molecule has 0 aliphatic carbocycles. The molecule has 3 aromatic rings. The normalized spacial score (nSPS) is 13.4. The van der Waals surface area contributed by atoms with Crippen LogP contribution in [-0.4, -0.2) is 17.4 Å². The predicted octanol–water partition coefficient (Wildman–Crippen LogP) is 4.74. The Hall–Kier alpha value is -2.59. The zero-order chi connectivity index (χ0) is 16.4. The maximum absolute atomic E-state index is 13.0. The van der Waals surface area contributed by atoms with E-state index in [1.807, 2.05) is 59.5 Å². The molecule has 0 spiro atoms. The lowest BCUT2D eigenvalue weighted by molar-refractivity contribution is 0.0733. The Morgan fingerprint density at radius 3 is 2.67 bits per heavy atom. The molecule has 2 heterocycles. The van der Waals surface area contributed by atoms with Gasteiger partial charge in [0.05, 0.1) is 5.56 Å². The molecule has 24 heavy (non-hydrogen) atoms. The molecule has 0 saturated heterocycles. The van der Waals surface area contributed by atoms with Crippen LogP contribution in [0.5, 0.6) is 11.5 Å². The van der Waals surface area contributed by atoms with Crippen LogP contribution in [0, 0.1) is 0 Å². The summed E-state index contributed by atoms with van der Waals surface area (Å²) in [5, 5.41) is 2.10. The topological polar surface area (TPSA) is 29.5 Å². The van der Waals surface area contributed by atoms with E-state index in [2.05, 4.69) is 11.4 Å². The van der Waals surface area contributed by atoms with Gasteiger partial charge in [0, 0.05) is 18.0 Å². The van der Waals surface area contributed by atoms with Crippen molar-refractivity contribution in [3.05, 3.63) is 82.0 Å². The van der Waals surface area contributed by atoms with Crippen molar-refractivity contribution in [3.63, 3.8) is 0 Å². The fourth-order valence-electron chi connectivity index (χ4n) is 2.94. The molecule has 1 aromatic heterocycles. The molecule has 1 aliphatic rings. The lowest BCUT2D eigenvalue weighted by Crippen LogP contribution is -2.35. The largest absolute Gasteiger partial charge is 0.457 e. The Bertz CT molecular complexity index is 857. The van der Waals surface area contributed by atoms with Crippen molar-refractivity contribution in [2.45, 2.75) is 13.0 Å². The minimum Gasteiger partial charge on any atom is -0.457 e. The highest BCUT2D eigenvalue weighted by molar-refractivity contribution is 7.10. The molecular formula is C20H17NO2S. The molecular weight excluding hydrogens is 318 g/mol. The number of carbonyl (C=O) groups excluding carboxylic acids is 1. The van der Waals surface area contributed by atoms with Gasteiger partial charge in [0.1, 0.15) is 11.5 Å². The summed E-state index contributed by atoms with van der Waals surface area (Å²) in [6, 6.07) is 19.1. The zero-order valence-electron chi connectivity index (χ0n) is 13.1. The molecule has 3 nitrogen and oxygen atoms in total. The van der Waals surface area contributed by atoms with E-state index in [-0.39, 0.29) is 5.91 Å². The molecule has 0 radical (unpaired) electrons. The van der Waals surface area contributed by atoms with Gasteiger partial charge in [0.15, 0.2) is 0 Å². The molecule has 1 amide bonds. The second-order valence-electron chi connectivity index (χ2n) is 5.76. The van der Waals surface area contributed by atoms with Crippen molar-refractivity contribution in [2.75, 3.05) is 6.54 Å². The maximum atomic E-state index is 13.0. The molecule has 0 bridgehead atoms. The number of carbonyl (C=O) groups is 1. The van der Waals surface area contributed by atoms with Gasteiger partial charge in [0.25, 0.3) is 5.91 Å². The number of ether oxygens (including phenoxy) is 1. The summed E-state index contributed by atoms with van der Waals surface area (Å²) in [6.07, 6.45) is 0.931. The summed E-state index contributed by atoms with van der Waals surface area (Å²) >= 11 is 1.78. The maximum Gasteiger partial charge on any atom is 0.257 e. The van der Waals surface area contributed by atoms with Crippen LogP contribution < -0.4 is 4.74 Å². The summed E-state index contributed by atoms with van der Waals surface area (Å²) in [4.78, 5) is 16.3. The monoisotopic (exact) mass is 335 g/mol. The number of fused-ring (bicyclic) bond motifs is 1. The number of benzene rings is 2. The smallest absolute Gasteiger partial charge is 0.257 e. The zero-order valence-corrected chi connectivity index (χ0v) is 14.0. The summed E-state index contributed by atoms with van der Waals surface area (Å²) in [7, 11) is 0. The van der Waals surface area contributed by atoms with Crippen LogP contribution in [0.3, 0.4) is 0 Å². The van der Waals surface area contributed by atoms with E-state index in [0.29, 0.717) is 17.9 Å². The van der Waals surface area contributed by atoms with Crippen molar-refractivity contribution in [1.29, 1.82) is 0 Å². The molecule has 0 atom stereocenters. The third kappa shape index (κ3) is 2.93. The molecule has 0 saturated carbocycles. The van der Waals surface area contributed by atoms with Crippen molar-refractivity contribution in [1.82, 2.24) is 4.90 Å². The van der Waals surface area contributed by atoms with Crippen LogP contribution >= 0.6 is 11.3 Å². The highest BCUT2D eigenvalue weighted by Gasteiger charge is 2.24. The first-order chi connectivity index (χ1) is 11.8. The number of amides is 1. The third-order valence-electron chi connectivity index (χ3n) is 4.18. The Morgan fingerprint density at radius 2 is 1.79 bits per heavy atom. The van der Waals surface area contributed by atoms with E-state index >= 15 is 0 Å². The SMILES string of the molecule is O=C(c1ccccc1Oc1ccccc1)N1CCc2sccc2C1. The van der Waals surface area contributed by atoms with E-state index in [4.69, 9.17) is 4.74 Å². The summed E-state index contributed by atoms with van der Waals surface area (Å²) in [6.45, 7) is 1.43. The van der Waals surface area contributed by atoms with Crippen molar-refractivity contribution < 1.29 is 9.53 Å². The molecule has 2 aromatic carbocycles. The van der Waals surface area contributed by atoms with Gasteiger partial charge >= 0.3 is 0 Å². The number of rotatable bonds is 3. The van der Waals surface area contributed by atoms with Crippen molar-refractivity contribution >= 4 is 17.2 Å². The van der Waals surface area contributed by atoms with Gasteiger partial charge in [-0.3, -0.25) is 4.79 Å². The van der Waals surface area contributed by atoms with Gasteiger partial charge in [-0.25, -0.2) is 0 Å². The molecule has 120 valence electrons. The van der Waals surface area contributed by atoms with Gasteiger partial charge in [-0.05, 0) is 47.7 Å². The van der Waals surface area contributed by atoms with E-state index < -0.39 is 0 Å². The van der Waals surface area contributed by atoms with Crippen LogP contribution in [0.15, 0.2) is 66.0 Å². The van der Waals surface area contributed by atoms with Gasteiger partial charge in [-0.2, -0.15) is 0 Å². The molecule has 4 heteroatoms. The average Bonchev–Trinajstić information content (AvgIpc) is 3.10. The lowest BCUT2D eigenvalue weighted by Gasteiger charge is -2.27. The summed E-state index contributed by atoms with van der Waals surface area (Å²) < 4.78 is 5.93. The molecule has 0 fully saturated rings. The fourth-order valence-corrected chi connectivity index (χ4v) is 3.83. The second kappa shape index (κ2) is 6.49. The number of nitrogens with zero attached hydrogens (tertiary/aromatic N) is 1. The molecule has 4 rings (SSSR count). The Labute approximate surface area is 145 Å². The summed E-state index contributed by atoms with van der Waals surface area (Å²) in [5.41, 5.74) is 1.88. The third-order valence-corrected chi connectivity index (χ3v) is 5.21. The Kier molecular flexibility index (Phi) is 4.05. The fraction of sp³-hybridized carbons (Fsp3) is 0.150. The highest BCUT2D eigenvalue weighted by atomic mass is 32.1. The minimum absolute atomic E-state index is 0.0263. The standard InChI is InChI=1S/C20H17NO2S/c22-20(21-12-10-19-15(14-21)11-13-24-19)17-8-4-5-9-18(17)23-16-6-2-1-3-7-16/h1-9,11,13H,10,12,14H2. The predicted molar refractivity (Wildman–Crippen MR) is 95.7 cm³/mol. The van der Waals surface area contributed by atoms with Crippen LogP contribution in [-0.2, 0) is 13.0 Å². The second-order valence-corrected chi connectivity index (χ2v) is 6.76. The van der Waals surface area contributed by atoms with Crippen LogP contribution in [0.4, 0.5) is 0 Å². The number of thiophene rings is 1. The van der Waals surface area contributed by atoms with Gasteiger partial charge in [-0.15, -0.1) is 11.3 Å². The van der Waals surface area contributed by atoms with Crippen molar-refractivity contribution in [3.8, 4) is 11.5 Å². The van der Waals surface area contributed by atoms with Gasteiger partial charge < -0.3 is 9.64 Å². The van der Waals surface area contributed by atoms with Crippen molar-refractivity contribution in [2.24, 2.45) is 0 Å². The van der Waals surface area contributed by atoms with Crippen LogP contribution in [0.1, 0.15) is 20.8 Å². The molecule has 0 unspecified atom stereocenters. The number of hydrogen-bond donors (Lipinski definition) is 0. The van der Waals surface area contributed by atoms with E-state index in [1.165, 1.54) is 10.4 Å². The quantitative estimate of drug-likeness (QED) is 0.692. The first-order valence-corrected chi connectivity index (χ1v) is 8.86. The van der Waals surface area contributed by atoms with E-state index in [0.717, 1.165) is 18.7 Å². The molecule has 0 N–H and O–H groups in total. The highest BCUT2D eigenvalue weighted by Crippen LogP contribution is 2.29. The van der Waals surface area contributed by atoms with E-state index in [9.17, 15) is 4.79 Å². The summed E-state index contributed by atoms with van der Waals surface area (Å²) in [5.74, 6) is 1.36. The molecule has 1 aliphatic heterocycles. The van der Waals surface area contributed by atoms with Crippen LogP contribution in [0.2, 0.25) is 0 Å². The van der Waals surface area contributed by atoms with Gasteiger partial charge in [0.2, 0.25) is 0 Å². The van der Waals surface area contributed by atoms with E-state index in [1.54, 1.807) is 11.3 Å². The first kappa shape index (κ1) is 15.0. The Morgan fingerprint density at radius 1 is 1.00 bits per heavy atom. The Balaban J connectivity index is 1.59. The average molecular weight is 335 g/mol. The van der Waals surface area contributed by atoms with Gasteiger partial charge in [-0.1, -0.05) is 30.3 Å². The lowest BCUT2D eigenvalue weighted by atomic mass is 10.1. The minimum atomic E-state index is 0.0263. The first-order valence-electron chi connectivity index (χ1n) is 7.98. The number of hydrogen-bond acceptors (Lipinski definition) is 3.